The van der Waals surface area contributed by atoms with Crippen LogP contribution < -0.4 is 0 Å². The summed E-state index contributed by atoms with van der Waals surface area (Å²) in [4.78, 5) is 4.44. The summed E-state index contributed by atoms with van der Waals surface area (Å²) in [5.74, 6) is 1.04. The van der Waals surface area contributed by atoms with Gasteiger partial charge in [0.15, 0.2) is 5.58 Å². The first-order valence-electron chi connectivity index (χ1n) is 8.25. The van der Waals surface area contributed by atoms with E-state index >= 15 is 0 Å². The molecule has 3 rings (SSSR count). The van der Waals surface area contributed by atoms with Crippen LogP contribution >= 0.6 is 11.6 Å². The molecule has 22 heavy (non-hydrogen) atoms. The Kier molecular flexibility index (Phi) is 4.99. The summed E-state index contributed by atoms with van der Waals surface area (Å²) in [6.07, 6.45) is 10.6. The van der Waals surface area contributed by atoms with Gasteiger partial charge in [-0.2, -0.15) is 0 Å². The van der Waals surface area contributed by atoms with E-state index in [0.717, 1.165) is 39.1 Å². The maximum atomic E-state index is 6.34. The van der Waals surface area contributed by atoms with E-state index in [0.29, 0.717) is 0 Å². The SMILES string of the molecule is CCCCCCCCc1cc2cc(Cl)c3cccnc3c2o1. The average molecular weight is 316 g/mol. The second-order valence-corrected chi connectivity index (χ2v) is 6.31. The van der Waals surface area contributed by atoms with Crippen molar-refractivity contribution in [2.24, 2.45) is 0 Å². The van der Waals surface area contributed by atoms with Gasteiger partial charge in [-0.05, 0) is 30.7 Å². The summed E-state index contributed by atoms with van der Waals surface area (Å²) in [5.41, 5.74) is 1.72. The first-order valence-corrected chi connectivity index (χ1v) is 8.63. The second-order valence-electron chi connectivity index (χ2n) is 5.91. The number of aromatic nitrogens is 1. The van der Waals surface area contributed by atoms with E-state index < -0.39 is 0 Å². The highest BCUT2D eigenvalue weighted by molar-refractivity contribution is 6.37. The number of pyridine rings is 1. The van der Waals surface area contributed by atoms with Crippen molar-refractivity contribution < 1.29 is 4.42 Å². The van der Waals surface area contributed by atoms with Gasteiger partial charge in [-0.15, -0.1) is 0 Å². The van der Waals surface area contributed by atoms with E-state index in [1.807, 2.05) is 18.2 Å². The van der Waals surface area contributed by atoms with Crippen molar-refractivity contribution >= 4 is 33.5 Å². The maximum Gasteiger partial charge on any atom is 0.160 e. The predicted molar refractivity (Wildman–Crippen MR) is 93.6 cm³/mol. The predicted octanol–water partition coefficient (Wildman–Crippen LogP) is 6.54. The van der Waals surface area contributed by atoms with E-state index in [1.165, 1.54) is 38.5 Å². The highest BCUT2D eigenvalue weighted by atomic mass is 35.5. The van der Waals surface area contributed by atoms with E-state index in [-0.39, 0.29) is 0 Å². The van der Waals surface area contributed by atoms with Crippen LogP contribution in [0.4, 0.5) is 0 Å². The topological polar surface area (TPSA) is 26.0 Å². The fourth-order valence-electron chi connectivity index (χ4n) is 2.95. The third-order valence-electron chi connectivity index (χ3n) is 4.15. The Morgan fingerprint density at radius 3 is 2.77 bits per heavy atom. The lowest BCUT2D eigenvalue weighted by atomic mass is 10.1. The fourth-order valence-corrected chi connectivity index (χ4v) is 3.22. The van der Waals surface area contributed by atoms with E-state index in [1.54, 1.807) is 6.20 Å². The highest BCUT2D eigenvalue weighted by Crippen LogP contribution is 2.32. The second kappa shape index (κ2) is 7.15. The lowest BCUT2D eigenvalue weighted by Gasteiger charge is -2.00. The molecule has 0 saturated carbocycles. The van der Waals surface area contributed by atoms with Gasteiger partial charge in [0.1, 0.15) is 11.3 Å². The van der Waals surface area contributed by atoms with Gasteiger partial charge in [0.25, 0.3) is 0 Å². The molecule has 0 aliphatic rings. The molecule has 0 unspecified atom stereocenters. The van der Waals surface area contributed by atoms with E-state index in [2.05, 4.69) is 18.0 Å². The van der Waals surface area contributed by atoms with Crippen LogP contribution in [-0.4, -0.2) is 4.98 Å². The Bertz CT molecular complexity index is 763. The molecule has 0 spiro atoms. The molecule has 2 heterocycles. The lowest BCUT2D eigenvalue weighted by molar-refractivity contribution is 0.523. The van der Waals surface area contributed by atoms with Gasteiger partial charge in [-0.3, -0.25) is 4.98 Å². The molecule has 0 amide bonds. The minimum Gasteiger partial charge on any atom is -0.459 e. The zero-order valence-corrected chi connectivity index (χ0v) is 13.8. The van der Waals surface area contributed by atoms with Crippen molar-refractivity contribution in [1.82, 2.24) is 4.98 Å². The zero-order valence-electron chi connectivity index (χ0n) is 13.1. The summed E-state index contributed by atoms with van der Waals surface area (Å²) in [7, 11) is 0. The van der Waals surface area contributed by atoms with Gasteiger partial charge in [0.05, 0.1) is 5.02 Å². The number of halogens is 1. The third-order valence-corrected chi connectivity index (χ3v) is 4.46. The van der Waals surface area contributed by atoms with Crippen molar-refractivity contribution in [2.45, 2.75) is 51.9 Å². The van der Waals surface area contributed by atoms with Crippen molar-refractivity contribution in [3.8, 4) is 0 Å². The molecule has 0 atom stereocenters. The quantitative estimate of drug-likeness (QED) is 0.463. The number of hydrogen-bond acceptors (Lipinski definition) is 2. The van der Waals surface area contributed by atoms with Gasteiger partial charge >= 0.3 is 0 Å². The van der Waals surface area contributed by atoms with Crippen LogP contribution in [0, 0.1) is 0 Å². The molecule has 0 radical (unpaired) electrons. The van der Waals surface area contributed by atoms with Crippen LogP contribution in [-0.2, 0) is 6.42 Å². The first-order chi connectivity index (χ1) is 10.8. The number of fused-ring (bicyclic) bond motifs is 3. The first kappa shape index (κ1) is 15.4. The van der Waals surface area contributed by atoms with Crippen LogP contribution in [0.15, 0.2) is 34.9 Å². The molecule has 0 saturated heterocycles. The Balaban J connectivity index is 1.74. The van der Waals surface area contributed by atoms with Crippen molar-refractivity contribution in [3.05, 3.63) is 41.2 Å². The van der Waals surface area contributed by atoms with Crippen LogP contribution in [0.25, 0.3) is 21.9 Å². The number of hydrogen-bond donors (Lipinski definition) is 0. The minimum atomic E-state index is 0.738. The number of unbranched alkanes of at least 4 members (excludes halogenated alkanes) is 5. The molecule has 0 N–H and O–H groups in total. The molecular weight excluding hydrogens is 294 g/mol. The average Bonchev–Trinajstić information content (AvgIpc) is 2.94. The highest BCUT2D eigenvalue weighted by Gasteiger charge is 2.11. The Morgan fingerprint density at radius 1 is 1.09 bits per heavy atom. The molecule has 2 aromatic heterocycles. The summed E-state index contributed by atoms with van der Waals surface area (Å²) in [5, 5.41) is 2.75. The molecule has 2 nitrogen and oxygen atoms in total. The van der Waals surface area contributed by atoms with E-state index in [4.69, 9.17) is 16.0 Å². The van der Waals surface area contributed by atoms with Crippen LogP contribution in [0.5, 0.6) is 0 Å². The monoisotopic (exact) mass is 315 g/mol. The largest absolute Gasteiger partial charge is 0.459 e. The Hall–Kier alpha value is -1.54. The van der Waals surface area contributed by atoms with Crippen molar-refractivity contribution in [2.75, 3.05) is 0 Å². The Labute approximate surface area is 136 Å². The van der Waals surface area contributed by atoms with E-state index in [9.17, 15) is 0 Å². The summed E-state index contributed by atoms with van der Waals surface area (Å²) in [6.45, 7) is 2.25. The maximum absolute atomic E-state index is 6.34. The lowest BCUT2D eigenvalue weighted by Crippen LogP contribution is -1.83. The molecule has 0 aliphatic heterocycles. The fraction of sp³-hybridized carbons (Fsp3) is 0.421. The van der Waals surface area contributed by atoms with Gasteiger partial charge in [0.2, 0.25) is 0 Å². The molecule has 3 heteroatoms. The summed E-state index contributed by atoms with van der Waals surface area (Å²) < 4.78 is 6.04. The van der Waals surface area contributed by atoms with Crippen LogP contribution in [0.1, 0.15) is 51.2 Å². The van der Waals surface area contributed by atoms with Crippen molar-refractivity contribution in [1.29, 1.82) is 0 Å². The number of benzene rings is 1. The number of aryl methyl sites for hydroxylation is 1. The third kappa shape index (κ3) is 3.27. The smallest absolute Gasteiger partial charge is 0.160 e. The number of nitrogens with zero attached hydrogens (tertiary/aromatic N) is 1. The molecule has 1 aromatic carbocycles. The van der Waals surface area contributed by atoms with Gasteiger partial charge < -0.3 is 4.42 Å². The number of rotatable bonds is 7. The van der Waals surface area contributed by atoms with Gasteiger partial charge in [-0.1, -0.05) is 50.6 Å². The van der Waals surface area contributed by atoms with Crippen LogP contribution in [0.3, 0.4) is 0 Å². The zero-order chi connectivity index (χ0) is 15.4. The molecule has 116 valence electrons. The van der Waals surface area contributed by atoms with Gasteiger partial charge in [-0.25, -0.2) is 0 Å². The van der Waals surface area contributed by atoms with Crippen LogP contribution in [0.2, 0.25) is 5.02 Å². The summed E-state index contributed by atoms with van der Waals surface area (Å²) in [6, 6.07) is 7.98. The normalized spacial score (nSPS) is 11.5. The molecule has 0 aliphatic carbocycles. The molecule has 0 fully saturated rings. The standard InChI is InChI=1S/C19H22ClNO/c1-2-3-4-5-6-7-9-15-12-14-13-17(20)16-10-8-11-21-18(16)19(14)22-15/h8,10-13H,2-7,9H2,1H3. The number of furan rings is 1. The summed E-state index contributed by atoms with van der Waals surface area (Å²) >= 11 is 6.34. The molecular formula is C19H22ClNO. The Morgan fingerprint density at radius 2 is 1.91 bits per heavy atom. The molecule has 0 bridgehead atoms. The van der Waals surface area contributed by atoms with Gasteiger partial charge in [0, 0.05) is 23.4 Å². The molecule has 3 aromatic rings. The minimum absolute atomic E-state index is 0.738. The van der Waals surface area contributed by atoms with Crippen molar-refractivity contribution in [3.63, 3.8) is 0 Å².